The molecule has 3 aromatic rings. The van der Waals surface area contributed by atoms with Gasteiger partial charge in [0.2, 0.25) is 0 Å². The lowest BCUT2D eigenvalue weighted by Gasteiger charge is -2.23. The zero-order valence-corrected chi connectivity index (χ0v) is 27.2. The Hall–Kier alpha value is -3.80. The highest BCUT2D eigenvalue weighted by atomic mass is 79.9. The number of benzene rings is 2. The maximum absolute atomic E-state index is 5.36. The van der Waals surface area contributed by atoms with E-state index in [0.29, 0.717) is 0 Å². The number of fused-ring (bicyclic) bond motifs is 6. The summed E-state index contributed by atoms with van der Waals surface area (Å²) in [5, 5.41) is 6.06. The molecule has 0 spiro atoms. The minimum Gasteiger partial charge on any atom is -0.355 e. The third-order valence-electron chi connectivity index (χ3n) is 9.09. The number of allylic oxidation sites excluding steroid dienone is 5. The predicted molar refractivity (Wildman–Crippen MR) is 184 cm³/mol. The Balaban J connectivity index is 1.55. The average molecular weight is 630 g/mol. The number of nitrogens with one attached hydrogen (secondary N) is 2. The molecule has 5 heteroatoms. The van der Waals surface area contributed by atoms with Crippen molar-refractivity contribution in [2.45, 2.75) is 60.0 Å². The Bertz CT molecular complexity index is 1970. The van der Waals surface area contributed by atoms with Gasteiger partial charge in [-0.05, 0) is 120 Å². The van der Waals surface area contributed by atoms with Crippen LogP contribution in [0, 0.1) is 33.1 Å². The molecule has 0 aliphatic carbocycles. The maximum atomic E-state index is 5.36. The highest BCUT2D eigenvalue weighted by Gasteiger charge is 2.38. The molecule has 0 saturated carbocycles. The summed E-state index contributed by atoms with van der Waals surface area (Å²) < 4.78 is 1.01. The molecule has 4 aliphatic rings. The molecule has 8 bridgehead atoms. The van der Waals surface area contributed by atoms with Crippen LogP contribution in [0.25, 0.3) is 17.2 Å². The second kappa shape index (κ2) is 10.4. The first kappa shape index (κ1) is 28.0. The van der Waals surface area contributed by atoms with Crippen LogP contribution in [0.3, 0.4) is 0 Å². The van der Waals surface area contributed by atoms with Gasteiger partial charge in [-0.3, -0.25) is 0 Å². The van der Waals surface area contributed by atoms with E-state index in [1.54, 1.807) is 0 Å². The van der Waals surface area contributed by atoms with Crippen LogP contribution in [-0.2, 0) is 0 Å². The molecular formula is C38H37BrN4. The molecule has 2 N–H and O–H groups in total. The van der Waals surface area contributed by atoms with Gasteiger partial charge in [0, 0.05) is 38.4 Å². The number of aromatic nitrogens is 1. The molecule has 1 saturated heterocycles. The third kappa shape index (κ3) is 5.09. The fraction of sp³-hybridized carbons (Fsp3) is 0.263. The van der Waals surface area contributed by atoms with Gasteiger partial charge in [0.1, 0.15) is 0 Å². The topological polar surface area (TPSA) is 52.5 Å². The van der Waals surface area contributed by atoms with E-state index in [1.807, 2.05) is 0 Å². The van der Waals surface area contributed by atoms with E-state index in [9.17, 15) is 0 Å². The number of aliphatic imine (C=N–C) groups is 2. The summed E-state index contributed by atoms with van der Waals surface area (Å²) in [5.74, 6) is 0. The fourth-order valence-corrected chi connectivity index (χ4v) is 7.47. The first-order valence-electron chi connectivity index (χ1n) is 15.1. The monoisotopic (exact) mass is 628 g/mol. The molecule has 1 aromatic heterocycles. The summed E-state index contributed by atoms with van der Waals surface area (Å²) >= 11 is 3.87. The molecule has 0 radical (unpaired) electrons. The van der Waals surface area contributed by atoms with Gasteiger partial charge in [-0.2, -0.15) is 0 Å². The molecule has 0 amide bonds. The van der Waals surface area contributed by atoms with Gasteiger partial charge in [0.25, 0.3) is 0 Å². The van der Waals surface area contributed by atoms with E-state index in [0.717, 1.165) is 61.1 Å². The van der Waals surface area contributed by atoms with Gasteiger partial charge in [-0.25, -0.2) is 9.98 Å². The molecule has 4 aliphatic heterocycles. The van der Waals surface area contributed by atoms with Crippen molar-refractivity contribution in [3.63, 3.8) is 0 Å². The van der Waals surface area contributed by atoms with Gasteiger partial charge in [0.05, 0.1) is 22.8 Å². The van der Waals surface area contributed by atoms with E-state index in [2.05, 4.69) is 147 Å². The van der Waals surface area contributed by atoms with Crippen LogP contribution in [0.5, 0.6) is 0 Å². The lowest BCUT2D eigenvalue weighted by Crippen LogP contribution is -2.34. The Kier molecular flexibility index (Phi) is 6.79. The van der Waals surface area contributed by atoms with Crippen molar-refractivity contribution in [3.8, 4) is 0 Å². The summed E-state index contributed by atoms with van der Waals surface area (Å²) in [6, 6.07) is 18.1. The Morgan fingerprint density at radius 3 is 2.30 bits per heavy atom. The Labute approximate surface area is 262 Å². The minimum atomic E-state index is 0.0843. The van der Waals surface area contributed by atoms with Crippen LogP contribution in [0.4, 0.5) is 0 Å². The Morgan fingerprint density at radius 1 is 0.814 bits per heavy atom. The predicted octanol–water partition coefficient (Wildman–Crippen LogP) is 7.04. The van der Waals surface area contributed by atoms with Gasteiger partial charge in [-0.15, -0.1) is 0 Å². The summed E-state index contributed by atoms with van der Waals surface area (Å²) in [5.41, 5.74) is 13.3. The molecule has 4 nitrogen and oxygen atoms in total. The van der Waals surface area contributed by atoms with Crippen LogP contribution in [0.1, 0.15) is 53.6 Å². The summed E-state index contributed by atoms with van der Waals surface area (Å²) in [6.07, 6.45) is 12.1. The Morgan fingerprint density at radius 2 is 1.56 bits per heavy atom. The fourth-order valence-electron chi connectivity index (χ4n) is 7.03. The first-order valence-corrected chi connectivity index (χ1v) is 15.9. The van der Waals surface area contributed by atoms with Crippen LogP contribution in [0.2, 0.25) is 0 Å². The van der Waals surface area contributed by atoms with E-state index < -0.39 is 0 Å². The molecule has 5 heterocycles. The van der Waals surface area contributed by atoms with Gasteiger partial charge in [-0.1, -0.05) is 61.4 Å². The highest BCUT2D eigenvalue weighted by Crippen LogP contribution is 2.39. The summed E-state index contributed by atoms with van der Waals surface area (Å²) in [6.45, 7) is 13.4. The zero-order chi connectivity index (χ0) is 30.0. The first-order chi connectivity index (χ1) is 20.6. The highest BCUT2D eigenvalue weighted by molar-refractivity contribution is 9.12. The van der Waals surface area contributed by atoms with Crippen molar-refractivity contribution in [3.05, 3.63) is 133 Å². The van der Waals surface area contributed by atoms with Crippen molar-refractivity contribution >= 4 is 44.6 Å². The van der Waals surface area contributed by atoms with Gasteiger partial charge < -0.3 is 10.3 Å². The number of nitrogens with zero attached hydrogens (tertiary/aromatic N) is 2. The molecule has 43 heavy (non-hydrogen) atoms. The molecule has 2 aromatic carbocycles. The number of aromatic amines is 1. The third-order valence-corrected chi connectivity index (χ3v) is 9.72. The van der Waals surface area contributed by atoms with Crippen molar-refractivity contribution in [2.24, 2.45) is 15.4 Å². The van der Waals surface area contributed by atoms with Crippen molar-refractivity contribution in [1.82, 2.24) is 10.3 Å². The van der Waals surface area contributed by atoms with Crippen LogP contribution >= 0.6 is 15.9 Å². The molecular weight excluding hydrogens is 592 g/mol. The molecule has 1 fully saturated rings. The second-order valence-electron chi connectivity index (χ2n) is 13.1. The molecule has 7 rings (SSSR count). The average Bonchev–Trinajstić information content (AvgIpc) is 3.72. The SMILES string of the molecule is Cc1ccc(C2=c3cc/c([nH]3)=C/C3NC(/C=C4N=C(C=C\4Br)/C(c4c(C)cc(C)cc4C)=C4/C=CC2=N4)CC3(C)C)cc1. The zero-order valence-electron chi connectivity index (χ0n) is 25.6. The normalized spacial score (nSPS) is 26.0. The molecule has 216 valence electrons. The van der Waals surface area contributed by atoms with Crippen molar-refractivity contribution in [1.29, 1.82) is 0 Å². The second-order valence-corrected chi connectivity index (χ2v) is 13.9. The summed E-state index contributed by atoms with van der Waals surface area (Å²) in [4.78, 5) is 14.4. The molecule has 2 atom stereocenters. The standard InChI is InChI=1S/C38H37BrN4/c1-21-7-9-25(10-8-21)36-29-12-11-26(40-29)18-34-38(5,6)20-27(41-34)17-32-28(39)19-33(43-32)37(31-14-13-30(36)42-31)35-23(3)15-22(2)16-24(35)4/h7-19,27,34,40-41H,20H2,1-6H3/b26-18-,32-17-,36-29?,37-31+. The number of halogens is 1. The lowest BCUT2D eigenvalue weighted by molar-refractivity contribution is 0.367. The van der Waals surface area contributed by atoms with E-state index in [4.69, 9.17) is 9.98 Å². The number of hydrogen-bond acceptors (Lipinski definition) is 3. The van der Waals surface area contributed by atoms with Crippen molar-refractivity contribution < 1.29 is 0 Å². The van der Waals surface area contributed by atoms with Crippen LogP contribution in [-0.4, -0.2) is 28.5 Å². The number of H-pyrrole nitrogens is 1. The summed E-state index contributed by atoms with van der Waals surface area (Å²) in [7, 11) is 0. The van der Waals surface area contributed by atoms with Gasteiger partial charge in [0.15, 0.2) is 0 Å². The van der Waals surface area contributed by atoms with E-state index in [-0.39, 0.29) is 17.5 Å². The largest absolute Gasteiger partial charge is 0.355 e. The van der Waals surface area contributed by atoms with Crippen LogP contribution < -0.4 is 16.0 Å². The minimum absolute atomic E-state index is 0.0843. The van der Waals surface area contributed by atoms with Crippen LogP contribution in [0.15, 0.2) is 98.7 Å². The van der Waals surface area contributed by atoms with Crippen molar-refractivity contribution in [2.75, 3.05) is 0 Å². The number of rotatable bonds is 2. The van der Waals surface area contributed by atoms with E-state index in [1.165, 1.54) is 27.8 Å². The smallest absolute Gasteiger partial charge is 0.0755 e. The lowest BCUT2D eigenvalue weighted by atomic mass is 9.83. The molecule has 2 unspecified atom stereocenters. The maximum Gasteiger partial charge on any atom is 0.0755 e. The number of hydrogen-bond donors (Lipinski definition) is 2. The number of aryl methyl sites for hydroxylation is 4. The van der Waals surface area contributed by atoms with Gasteiger partial charge >= 0.3 is 0 Å². The quantitative estimate of drug-likeness (QED) is 0.314. The van der Waals surface area contributed by atoms with E-state index >= 15 is 0 Å².